The zero-order valence-electron chi connectivity index (χ0n) is 14.1. The summed E-state index contributed by atoms with van der Waals surface area (Å²) in [4.78, 5) is 33.2. The van der Waals surface area contributed by atoms with Gasteiger partial charge in [-0.2, -0.15) is 0 Å². The van der Waals surface area contributed by atoms with Gasteiger partial charge in [-0.1, -0.05) is 17.3 Å². The van der Waals surface area contributed by atoms with E-state index in [1.807, 2.05) is 16.3 Å². The standard InChI is InChI=1S/C17H18N6O2S/c24-15(21-8-10-22(11-9-21)17-18-6-12-26-17)5-7-23-16(25)13-3-1-2-4-14(13)19-20-23/h1-4,6,12H,5,7-11H2. The number of nitrogens with zero attached hydrogens (tertiary/aromatic N) is 6. The van der Waals surface area contributed by atoms with Crippen molar-refractivity contribution in [3.8, 4) is 0 Å². The smallest absolute Gasteiger partial charge is 0.277 e. The molecule has 4 rings (SSSR count). The molecule has 2 aromatic heterocycles. The van der Waals surface area contributed by atoms with Crippen molar-refractivity contribution in [2.45, 2.75) is 13.0 Å². The molecule has 134 valence electrons. The molecule has 3 heterocycles. The number of carbonyl (C=O) groups is 1. The zero-order valence-corrected chi connectivity index (χ0v) is 14.9. The minimum absolute atomic E-state index is 0.0330. The van der Waals surface area contributed by atoms with E-state index < -0.39 is 0 Å². The number of aryl methyl sites for hydroxylation is 1. The van der Waals surface area contributed by atoms with Gasteiger partial charge in [0.2, 0.25) is 5.91 Å². The fourth-order valence-corrected chi connectivity index (χ4v) is 3.75. The number of piperazine rings is 1. The van der Waals surface area contributed by atoms with Gasteiger partial charge in [-0.05, 0) is 12.1 Å². The Bertz CT molecular complexity index is 963. The molecule has 0 unspecified atom stereocenters. The van der Waals surface area contributed by atoms with Crippen molar-refractivity contribution in [2.75, 3.05) is 31.1 Å². The maximum absolute atomic E-state index is 12.5. The van der Waals surface area contributed by atoms with Gasteiger partial charge >= 0.3 is 0 Å². The lowest BCUT2D eigenvalue weighted by Gasteiger charge is -2.34. The van der Waals surface area contributed by atoms with Crippen molar-refractivity contribution in [1.29, 1.82) is 0 Å². The van der Waals surface area contributed by atoms with Gasteiger partial charge < -0.3 is 9.80 Å². The van der Waals surface area contributed by atoms with Gasteiger partial charge in [0.1, 0.15) is 5.52 Å². The van der Waals surface area contributed by atoms with E-state index in [4.69, 9.17) is 0 Å². The predicted molar refractivity (Wildman–Crippen MR) is 99.3 cm³/mol. The summed E-state index contributed by atoms with van der Waals surface area (Å²) in [5.41, 5.74) is 0.357. The van der Waals surface area contributed by atoms with Crippen molar-refractivity contribution in [3.05, 3.63) is 46.2 Å². The predicted octanol–water partition coefficient (Wildman–Crippen LogP) is 0.987. The maximum atomic E-state index is 12.5. The van der Waals surface area contributed by atoms with E-state index >= 15 is 0 Å². The third-order valence-electron chi connectivity index (χ3n) is 4.49. The van der Waals surface area contributed by atoms with Crippen molar-refractivity contribution in [3.63, 3.8) is 0 Å². The number of fused-ring (bicyclic) bond motifs is 1. The Kier molecular flexibility index (Phi) is 4.61. The molecule has 0 atom stereocenters. The third kappa shape index (κ3) is 3.30. The van der Waals surface area contributed by atoms with Crippen LogP contribution in [0.1, 0.15) is 6.42 Å². The van der Waals surface area contributed by atoms with Crippen LogP contribution in [0.15, 0.2) is 40.6 Å². The molecule has 1 aliphatic heterocycles. The minimum Gasteiger partial charge on any atom is -0.345 e. The molecule has 0 aliphatic carbocycles. The Hall–Kier alpha value is -2.81. The van der Waals surface area contributed by atoms with Gasteiger partial charge in [-0.25, -0.2) is 9.67 Å². The second-order valence-corrected chi connectivity index (χ2v) is 6.94. The van der Waals surface area contributed by atoms with Crippen LogP contribution >= 0.6 is 11.3 Å². The number of rotatable bonds is 4. The maximum Gasteiger partial charge on any atom is 0.277 e. The first kappa shape index (κ1) is 16.6. The lowest BCUT2D eigenvalue weighted by atomic mass is 10.2. The highest BCUT2D eigenvalue weighted by Gasteiger charge is 2.22. The molecule has 1 fully saturated rings. The van der Waals surface area contributed by atoms with E-state index in [1.165, 1.54) is 4.68 Å². The number of hydrogen-bond donors (Lipinski definition) is 0. The number of benzene rings is 1. The SMILES string of the molecule is O=C(CCn1nnc2ccccc2c1=O)N1CCN(c2nccs2)CC1. The van der Waals surface area contributed by atoms with E-state index in [2.05, 4.69) is 20.2 Å². The quantitative estimate of drug-likeness (QED) is 0.681. The third-order valence-corrected chi connectivity index (χ3v) is 5.32. The summed E-state index contributed by atoms with van der Waals surface area (Å²) in [6.07, 6.45) is 2.03. The first-order valence-electron chi connectivity index (χ1n) is 8.47. The Morgan fingerprint density at radius 2 is 1.96 bits per heavy atom. The van der Waals surface area contributed by atoms with Gasteiger partial charge in [0.25, 0.3) is 5.56 Å². The largest absolute Gasteiger partial charge is 0.345 e. The van der Waals surface area contributed by atoms with Gasteiger partial charge in [0, 0.05) is 44.2 Å². The van der Waals surface area contributed by atoms with Crippen molar-refractivity contribution in [2.24, 2.45) is 0 Å². The molecular weight excluding hydrogens is 352 g/mol. The van der Waals surface area contributed by atoms with E-state index in [9.17, 15) is 9.59 Å². The molecule has 26 heavy (non-hydrogen) atoms. The molecule has 1 amide bonds. The highest BCUT2D eigenvalue weighted by atomic mass is 32.1. The molecular formula is C17H18N6O2S. The van der Waals surface area contributed by atoms with Gasteiger partial charge in [0.15, 0.2) is 5.13 Å². The van der Waals surface area contributed by atoms with E-state index in [1.54, 1.807) is 35.7 Å². The number of hydrogen-bond acceptors (Lipinski definition) is 7. The first-order chi connectivity index (χ1) is 12.7. The molecule has 0 radical (unpaired) electrons. The van der Waals surface area contributed by atoms with Gasteiger partial charge in [-0.3, -0.25) is 9.59 Å². The van der Waals surface area contributed by atoms with Crippen LogP contribution in [0.4, 0.5) is 5.13 Å². The van der Waals surface area contributed by atoms with Crippen LogP contribution in [0, 0.1) is 0 Å². The number of anilines is 1. The summed E-state index contributed by atoms with van der Waals surface area (Å²) in [6, 6.07) is 7.09. The fourth-order valence-electron chi connectivity index (χ4n) is 3.05. The molecule has 1 aliphatic rings. The lowest BCUT2D eigenvalue weighted by molar-refractivity contribution is -0.131. The molecule has 8 nitrogen and oxygen atoms in total. The average molecular weight is 370 g/mol. The van der Waals surface area contributed by atoms with Crippen LogP contribution in [0.3, 0.4) is 0 Å². The molecule has 0 bridgehead atoms. The van der Waals surface area contributed by atoms with E-state index in [0.29, 0.717) is 24.0 Å². The number of aromatic nitrogens is 4. The molecule has 1 aromatic carbocycles. The summed E-state index contributed by atoms with van der Waals surface area (Å²) in [5.74, 6) is 0.0330. The van der Waals surface area contributed by atoms with Crippen LogP contribution in [0.2, 0.25) is 0 Å². The Labute approximate surface area is 153 Å². The van der Waals surface area contributed by atoms with Gasteiger partial charge in [0.05, 0.1) is 11.9 Å². The van der Waals surface area contributed by atoms with Crippen molar-refractivity contribution >= 4 is 33.3 Å². The number of amides is 1. The Morgan fingerprint density at radius 1 is 1.15 bits per heavy atom. The molecule has 0 saturated carbocycles. The van der Waals surface area contributed by atoms with Crippen LogP contribution in [-0.4, -0.2) is 57.0 Å². The summed E-state index contributed by atoms with van der Waals surface area (Å²) >= 11 is 1.61. The van der Waals surface area contributed by atoms with E-state index in [0.717, 1.165) is 18.2 Å². The molecule has 3 aromatic rings. The van der Waals surface area contributed by atoms with E-state index in [-0.39, 0.29) is 24.4 Å². The Balaban J connectivity index is 1.36. The van der Waals surface area contributed by atoms with Crippen LogP contribution in [0.25, 0.3) is 10.9 Å². The molecule has 9 heteroatoms. The first-order valence-corrected chi connectivity index (χ1v) is 9.35. The number of carbonyl (C=O) groups excluding carboxylic acids is 1. The highest BCUT2D eigenvalue weighted by molar-refractivity contribution is 7.13. The fraction of sp³-hybridized carbons (Fsp3) is 0.353. The minimum atomic E-state index is -0.211. The highest BCUT2D eigenvalue weighted by Crippen LogP contribution is 2.19. The summed E-state index contributed by atoms with van der Waals surface area (Å²) in [5, 5.41) is 11.5. The van der Waals surface area contributed by atoms with Crippen LogP contribution < -0.4 is 10.5 Å². The summed E-state index contributed by atoms with van der Waals surface area (Å²) in [6.45, 7) is 3.11. The summed E-state index contributed by atoms with van der Waals surface area (Å²) < 4.78 is 1.27. The van der Waals surface area contributed by atoms with Crippen molar-refractivity contribution in [1.82, 2.24) is 24.9 Å². The average Bonchev–Trinajstić information content (AvgIpc) is 3.22. The van der Waals surface area contributed by atoms with Crippen molar-refractivity contribution < 1.29 is 4.79 Å². The van der Waals surface area contributed by atoms with Crippen LogP contribution in [-0.2, 0) is 11.3 Å². The summed E-state index contributed by atoms with van der Waals surface area (Å²) in [7, 11) is 0. The van der Waals surface area contributed by atoms with Gasteiger partial charge in [-0.15, -0.1) is 16.4 Å². The topological polar surface area (TPSA) is 84.2 Å². The monoisotopic (exact) mass is 370 g/mol. The second-order valence-electron chi connectivity index (χ2n) is 6.07. The molecule has 0 N–H and O–H groups in total. The second kappa shape index (κ2) is 7.20. The Morgan fingerprint density at radius 3 is 2.73 bits per heavy atom. The zero-order chi connectivity index (χ0) is 17.9. The van der Waals surface area contributed by atoms with Crippen LogP contribution in [0.5, 0.6) is 0 Å². The molecule has 1 saturated heterocycles. The number of thiazole rings is 1. The lowest BCUT2D eigenvalue weighted by Crippen LogP contribution is -2.49. The normalized spacial score (nSPS) is 14.8. The molecule has 0 spiro atoms.